The summed E-state index contributed by atoms with van der Waals surface area (Å²) in [7, 11) is 4.16. The molecule has 55 valence electrons. The molecule has 1 heteroatoms. The first-order chi connectivity index (χ1) is 4.70. The van der Waals surface area contributed by atoms with Gasteiger partial charge in [0.1, 0.15) is 0 Å². The maximum absolute atomic E-state index is 2.25. The molecule has 0 spiro atoms. The zero-order valence-corrected chi connectivity index (χ0v) is 6.89. The van der Waals surface area contributed by atoms with Crippen LogP contribution < -0.4 is 0 Å². The molecule has 0 aliphatic heterocycles. The predicted molar refractivity (Wildman–Crippen MR) is 44.4 cm³/mol. The first-order valence-corrected chi connectivity index (χ1v) is 3.58. The topological polar surface area (TPSA) is 3.24 Å². The largest absolute Gasteiger partial charge is 0.381 e. The Balaban J connectivity index is 2.54. The van der Waals surface area contributed by atoms with Crippen LogP contribution in [-0.2, 0) is 0 Å². The van der Waals surface area contributed by atoms with Gasteiger partial charge in [0, 0.05) is 32.6 Å². The normalized spacial score (nSPS) is 17.9. The average Bonchev–Trinajstić information content (AvgIpc) is 1.88. The fraction of sp³-hybridized carbons (Fsp3) is 0.444. The van der Waals surface area contributed by atoms with Crippen molar-refractivity contribution in [2.24, 2.45) is 0 Å². The Labute approximate surface area is 63.0 Å². The summed E-state index contributed by atoms with van der Waals surface area (Å²) in [5.74, 6) is 0. The van der Waals surface area contributed by atoms with Gasteiger partial charge in [-0.25, -0.2) is 0 Å². The van der Waals surface area contributed by atoms with Crippen LogP contribution in [-0.4, -0.2) is 19.0 Å². The van der Waals surface area contributed by atoms with Gasteiger partial charge < -0.3 is 4.90 Å². The third-order valence-electron chi connectivity index (χ3n) is 1.75. The minimum Gasteiger partial charge on any atom is -0.381 e. The van der Waals surface area contributed by atoms with E-state index >= 15 is 0 Å². The van der Waals surface area contributed by atoms with E-state index in [9.17, 15) is 0 Å². The molecule has 0 N–H and O–H groups in total. The lowest BCUT2D eigenvalue weighted by molar-refractivity contribution is 0.498. The molecule has 0 bridgehead atoms. The Morgan fingerprint density at radius 2 is 2.10 bits per heavy atom. The monoisotopic (exact) mass is 136 g/mol. The van der Waals surface area contributed by atoms with Crippen molar-refractivity contribution in [2.45, 2.75) is 13.3 Å². The minimum absolute atomic E-state index is 1.08. The van der Waals surface area contributed by atoms with E-state index in [0.717, 1.165) is 6.42 Å². The van der Waals surface area contributed by atoms with Crippen LogP contribution in [0.3, 0.4) is 0 Å². The highest BCUT2D eigenvalue weighted by molar-refractivity contribution is 5.29. The van der Waals surface area contributed by atoms with Crippen molar-refractivity contribution in [3.63, 3.8) is 0 Å². The van der Waals surface area contributed by atoms with E-state index in [-0.39, 0.29) is 0 Å². The first kappa shape index (κ1) is 7.39. The number of rotatable bonds is 1. The van der Waals surface area contributed by atoms with Crippen LogP contribution in [0.1, 0.15) is 13.3 Å². The second kappa shape index (κ2) is 2.91. The lowest BCUT2D eigenvalue weighted by atomic mass is 10.1. The van der Waals surface area contributed by atoms with Crippen LogP contribution in [0.15, 0.2) is 23.4 Å². The minimum atomic E-state index is 1.08. The summed E-state index contributed by atoms with van der Waals surface area (Å²) in [6.45, 7) is 2.13. The van der Waals surface area contributed by atoms with Crippen molar-refractivity contribution >= 4 is 0 Å². The summed E-state index contributed by atoms with van der Waals surface area (Å²) in [4.78, 5) is 2.15. The highest BCUT2D eigenvalue weighted by atomic mass is 15.1. The van der Waals surface area contributed by atoms with Gasteiger partial charge in [-0.3, -0.25) is 0 Å². The van der Waals surface area contributed by atoms with E-state index in [1.165, 1.54) is 11.3 Å². The van der Waals surface area contributed by atoms with Crippen molar-refractivity contribution in [2.75, 3.05) is 14.1 Å². The summed E-state index contributed by atoms with van der Waals surface area (Å²) >= 11 is 0. The number of hydrogen-bond donors (Lipinski definition) is 0. The van der Waals surface area contributed by atoms with Crippen LogP contribution in [0.5, 0.6) is 0 Å². The van der Waals surface area contributed by atoms with Crippen LogP contribution >= 0.6 is 0 Å². The predicted octanol–water partition coefficient (Wildman–Crippen LogP) is 1.99. The fourth-order valence-electron chi connectivity index (χ4n) is 0.961. The molecular weight excluding hydrogens is 122 g/mol. The molecule has 0 heterocycles. The van der Waals surface area contributed by atoms with Crippen LogP contribution in [0.25, 0.3) is 0 Å². The Kier molecular flexibility index (Phi) is 2.15. The van der Waals surface area contributed by atoms with Gasteiger partial charge in [-0.15, -0.1) is 0 Å². The number of allylic oxidation sites excluding steroid dienone is 3. The molecule has 1 aliphatic rings. The molecule has 0 amide bonds. The summed E-state index contributed by atoms with van der Waals surface area (Å²) in [5.41, 5.74) is 2.75. The second-order valence-electron chi connectivity index (χ2n) is 2.87. The zero-order valence-electron chi connectivity index (χ0n) is 6.89. The van der Waals surface area contributed by atoms with Gasteiger partial charge in [0.15, 0.2) is 0 Å². The van der Waals surface area contributed by atoms with E-state index in [1.807, 2.05) is 0 Å². The fourth-order valence-corrected chi connectivity index (χ4v) is 0.961. The third-order valence-corrected chi connectivity index (χ3v) is 1.75. The molecule has 0 saturated heterocycles. The standard InChI is InChI=1S/C9H14N/c1-8-4-6-9(7-5-8)10(2)3/h4-6H,7H2,1-3H3. The van der Waals surface area contributed by atoms with Crippen molar-refractivity contribution < 1.29 is 0 Å². The molecular formula is C9H14N. The van der Waals surface area contributed by atoms with Crippen molar-refractivity contribution in [3.05, 3.63) is 29.8 Å². The molecule has 0 aromatic heterocycles. The molecule has 1 radical (unpaired) electrons. The molecule has 0 saturated carbocycles. The average molecular weight is 136 g/mol. The molecule has 1 rings (SSSR count). The summed E-state index contributed by atoms with van der Waals surface area (Å²) in [6.07, 6.45) is 7.65. The van der Waals surface area contributed by atoms with Crippen LogP contribution in [0.2, 0.25) is 0 Å². The van der Waals surface area contributed by atoms with E-state index in [2.05, 4.69) is 44.5 Å². The molecule has 0 aromatic rings. The van der Waals surface area contributed by atoms with Crippen molar-refractivity contribution in [3.8, 4) is 0 Å². The van der Waals surface area contributed by atoms with Gasteiger partial charge >= 0.3 is 0 Å². The lowest BCUT2D eigenvalue weighted by Crippen LogP contribution is -2.12. The Bertz CT molecular complexity index is 175. The molecule has 0 fully saturated rings. The van der Waals surface area contributed by atoms with Gasteiger partial charge in [-0.2, -0.15) is 0 Å². The highest BCUT2D eigenvalue weighted by Crippen LogP contribution is 2.16. The second-order valence-corrected chi connectivity index (χ2v) is 2.87. The SMILES string of the molecule is CC1=CCC(N(C)C)=C[CH]1. The Morgan fingerprint density at radius 1 is 1.40 bits per heavy atom. The van der Waals surface area contributed by atoms with Gasteiger partial charge in [-0.05, 0) is 6.92 Å². The maximum atomic E-state index is 2.25. The lowest BCUT2D eigenvalue weighted by Gasteiger charge is -2.18. The Morgan fingerprint density at radius 3 is 2.50 bits per heavy atom. The molecule has 1 nitrogen and oxygen atoms in total. The van der Waals surface area contributed by atoms with E-state index in [0.29, 0.717) is 0 Å². The third kappa shape index (κ3) is 1.63. The number of nitrogens with zero attached hydrogens (tertiary/aromatic N) is 1. The van der Waals surface area contributed by atoms with E-state index in [1.54, 1.807) is 0 Å². The van der Waals surface area contributed by atoms with E-state index < -0.39 is 0 Å². The molecule has 10 heavy (non-hydrogen) atoms. The summed E-state index contributed by atoms with van der Waals surface area (Å²) in [6, 6.07) is 0. The summed E-state index contributed by atoms with van der Waals surface area (Å²) in [5, 5.41) is 0. The van der Waals surface area contributed by atoms with Crippen molar-refractivity contribution in [1.82, 2.24) is 4.90 Å². The first-order valence-electron chi connectivity index (χ1n) is 3.58. The molecule has 0 atom stereocenters. The Hall–Kier alpha value is -0.720. The van der Waals surface area contributed by atoms with Gasteiger partial charge in [-0.1, -0.05) is 17.7 Å². The molecule has 1 aliphatic carbocycles. The zero-order chi connectivity index (χ0) is 7.56. The van der Waals surface area contributed by atoms with E-state index in [4.69, 9.17) is 0 Å². The smallest absolute Gasteiger partial charge is 0.0132 e. The number of hydrogen-bond acceptors (Lipinski definition) is 1. The molecule has 0 aromatic carbocycles. The summed E-state index contributed by atoms with van der Waals surface area (Å²) < 4.78 is 0. The van der Waals surface area contributed by atoms with Gasteiger partial charge in [0.05, 0.1) is 0 Å². The van der Waals surface area contributed by atoms with Crippen LogP contribution in [0.4, 0.5) is 0 Å². The van der Waals surface area contributed by atoms with Crippen molar-refractivity contribution in [1.29, 1.82) is 0 Å². The van der Waals surface area contributed by atoms with Crippen LogP contribution in [0, 0.1) is 6.42 Å². The van der Waals surface area contributed by atoms with Gasteiger partial charge in [0.25, 0.3) is 0 Å². The molecule has 0 unspecified atom stereocenters. The van der Waals surface area contributed by atoms with Gasteiger partial charge in [0.2, 0.25) is 0 Å². The maximum Gasteiger partial charge on any atom is 0.0132 e. The highest BCUT2D eigenvalue weighted by Gasteiger charge is 2.02. The quantitative estimate of drug-likeness (QED) is 0.533.